The van der Waals surface area contributed by atoms with E-state index in [2.05, 4.69) is 10.9 Å². The molecule has 4 rings (SSSR count). The number of hydrazine groups is 1. The number of carbonyl (C=O) groups excluding carboxylic acids is 2. The van der Waals surface area contributed by atoms with Crippen molar-refractivity contribution in [3.05, 3.63) is 36.4 Å². The number of sulfonamides is 1. The van der Waals surface area contributed by atoms with Crippen LogP contribution in [0.3, 0.4) is 0 Å². The molecule has 0 atom stereocenters. The third kappa shape index (κ3) is 3.25. The minimum Gasteiger partial charge on any atom is -0.273 e. The molecule has 0 aromatic heterocycles. The van der Waals surface area contributed by atoms with Gasteiger partial charge in [0.1, 0.15) is 6.54 Å². The molecule has 2 amide bonds. The smallest absolute Gasteiger partial charge is 0.265 e. The summed E-state index contributed by atoms with van der Waals surface area (Å²) in [6.07, 6.45) is 4.74. The number of benzene rings is 2. The minimum atomic E-state index is -3.79. The lowest BCUT2D eigenvalue weighted by molar-refractivity contribution is -0.128. The van der Waals surface area contributed by atoms with Gasteiger partial charge in [0.2, 0.25) is 5.91 Å². The summed E-state index contributed by atoms with van der Waals surface area (Å²) < 4.78 is 26.7. The molecular formula is C19H21N3O4S. The monoisotopic (exact) mass is 387 g/mol. The standard InChI is InChI=1S/C19H21N3O4S/c23-17(11-13-5-1-2-6-13)20-21-18(24)12-22-15-9-3-7-14-8-4-10-16(19(14)15)27(22,25)26/h3-4,7-10,13H,1-2,5-6,11-12H2,(H,20,23)(H,21,24). The van der Waals surface area contributed by atoms with Crippen LogP contribution in [-0.4, -0.2) is 26.8 Å². The SMILES string of the molecule is O=C(CC1CCCC1)NNC(=O)CN1c2cccc3cccc(c23)S1(=O)=O. The van der Waals surface area contributed by atoms with Crippen LogP contribution in [0.15, 0.2) is 41.3 Å². The average Bonchev–Trinajstić information content (AvgIpc) is 3.22. The quantitative estimate of drug-likeness (QED) is 0.785. The summed E-state index contributed by atoms with van der Waals surface area (Å²) in [5.74, 6) is -0.457. The van der Waals surface area contributed by atoms with Crippen LogP contribution < -0.4 is 15.2 Å². The van der Waals surface area contributed by atoms with Crippen molar-refractivity contribution < 1.29 is 18.0 Å². The lowest BCUT2D eigenvalue weighted by atomic mass is 10.0. The molecule has 0 spiro atoms. The Balaban J connectivity index is 1.44. The third-order valence-electron chi connectivity index (χ3n) is 5.26. The number of rotatable bonds is 4. The Labute approximate surface area is 157 Å². The van der Waals surface area contributed by atoms with Crippen LogP contribution >= 0.6 is 0 Å². The normalized spacial score (nSPS) is 18.0. The van der Waals surface area contributed by atoms with Crippen LogP contribution in [0.25, 0.3) is 10.8 Å². The van der Waals surface area contributed by atoms with Gasteiger partial charge in [-0.05, 0) is 36.3 Å². The maximum Gasteiger partial charge on any atom is 0.265 e. The van der Waals surface area contributed by atoms with E-state index < -0.39 is 15.9 Å². The fraction of sp³-hybridized carbons (Fsp3) is 0.368. The summed E-state index contributed by atoms with van der Waals surface area (Å²) in [7, 11) is -3.79. The van der Waals surface area contributed by atoms with E-state index in [0.717, 1.165) is 35.4 Å². The molecule has 2 aliphatic rings. The molecule has 2 N–H and O–H groups in total. The van der Waals surface area contributed by atoms with E-state index in [4.69, 9.17) is 0 Å². The summed E-state index contributed by atoms with van der Waals surface area (Å²) in [5.41, 5.74) is 5.21. The van der Waals surface area contributed by atoms with Crippen molar-refractivity contribution in [2.45, 2.75) is 37.0 Å². The van der Waals surface area contributed by atoms with Crippen molar-refractivity contribution in [3.63, 3.8) is 0 Å². The van der Waals surface area contributed by atoms with E-state index in [-0.39, 0.29) is 17.3 Å². The fourth-order valence-electron chi connectivity index (χ4n) is 3.97. The highest BCUT2D eigenvalue weighted by molar-refractivity contribution is 7.93. The van der Waals surface area contributed by atoms with Crippen molar-refractivity contribution in [2.24, 2.45) is 5.92 Å². The Morgan fingerprint density at radius 3 is 2.41 bits per heavy atom. The van der Waals surface area contributed by atoms with Gasteiger partial charge in [0.15, 0.2) is 0 Å². The first-order valence-corrected chi connectivity index (χ1v) is 10.5. The summed E-state index contributed by atoms with van der Waals surface area (Å²) in [5, 5.41) is 1.43. The molecule has 8 heteroatoms. The number of nitrogens with one attached hydrogen (secondary N) is 2. The fourth-order valence-corrected chi connectivity index (χ4v) is 5.63. The molecule has 1 aliphatic carbocycles. The summed E-state index contributed by atoms with van der Waals surface area (Å²) in [4.78, 5) is 24.4. The van der Waals surface area contributed by atoms with Crippen LogP contribution in [0.5, 0.6) is 0 Å². The van der Waals surface area contributed by atoms with Crippen molar-refractivity contribution in [3.8, 4) is 0 Å². The second-order valence-corrected chi connectivity index (χ2v) is 8.92. The van der Waals surface area contributed by atoms with Crippen molar-refractivity contribution in [2.75, 3.05) is 10.8 Å². The molecule has 0 unspecified atom stereocenters. The highest BCUT2D eigenvalue weighted by atomic mass is 32.2. The number of carbonyl (C=O) groups is 2. The van der Waals surface area contributed by atoms with Crippen molar-refractivity contribution in [1.29, 1.82) is 0 Å². The molecule has 27 heavy (non-hydrogen) atoms. The maximum atomic E-state index is 12.8. The molecule has 0 bridgehead atoms. The van der Waals surface area contributed by atoms with Crippen LogP contribution in [0.4, 0.5) is 5.69 Å². The Morgan fingerprint density at radius 2 is 1.67 bits per heavy atom. The number of hydrogen-bond acceptors (Lipinski definition) is 4. The van der Waals surface area contributed by atoms with E-state index in [9.17, 15) is 18.0 Å². The topological polar surface area (TPSA) is 95.6 Å². The first kappa shape index (κ1) is 17.8. The van der Waals surface area contributed by atoms with Crippen molar-refractivity contribution in [1.82, 2.24) is 10.9 Å². The molecule has 2 aromatic rings. The van der Waals surface area contributed by atoms with Crippen LogP contribution in [0.1, 0.15) is 32.1 Å². The minimum absolute atomic E-state index is 0.202. The van der Waals surface area contributed by atoms with E-state index in [1.165, 1.54) is 0 Å². The summed E-state index contributed by atoms with van der Waals surface area (Å²) in [6.45, 7) is -0.389. The van der Waals surface area contributed by atoms with Gasteiger partial charge in [-0.25, -0.2) is 8.42 Å². The number of anilines is 1. The first-order valence-electron chi connectivity index (χ1n) is 9.09. The van der Waals surface area contributed by atoms with Gasteiger partial charge >= 0.3 is 0 Å². The molecule has 0 saturated heterocycles. The molecular weight excluding hydrogens is 366 g/mol. The molecule has 1 aliphatic heterocycles. The lowest BCUT2D eigenvalue weighted by Crippen LogP contribution is -2.47. The Kier molecular flexibility index (Phi) is 4.51. The van der Waals surface area contributed by atoms with Gasteiger partial charge in [-0.3, -0.25) is 24.7 Å². The van der Waals surface area contributed by atoms with Gasteiger partial charge in [-0.2, -0.15) is 0 Å². The van der Waals surface area contributed by atoms with Gasteiger partial charge in [0.25, 0.3) is 15.9 Å². The molecule has 1 heterocycles. The molecule has 1 fully saturated rings. The number of nitrogens with zero attached hydrogens (tertiary/aromatic N) is 1. The van der Waals surface area contributed by atoms with Crippen molar-refractivity contribution >= 4 is 38.3 Å². The van der Waals surface area contributed by atoms with E-state index >= 15 is 0 Å². The van der Waals surface area contributed by atoms with E-state index in [1.54, 1.807) is 24.3 Å². The highest BCUT2D eigenvalue weighted by Crippen LogP contribution is 2.41. The Bertz CT molecular complexity index is 1010. The largest absolute Gasteiger partial charge is 0.273 e. The lowest BCUT2D eigenvalue weighted by Gasteiger charge is -2.18. The maximum absolute atomic E-state index is 12.8. The second-order valence-electron chi connectivity index (χ2n) is 7.09. The Morgan fingerprint density at radius 1 is 1.00 bits per heavy atom. The zero-order chi connectivity index (χ0) is 19.0. The zero-order valence-electron chi connectivity index (χ0n) is 14.8. The molecule has 1 saturated carbocycles. The molecule has 0 radical (unpaired) electrons. The van der Waals surface area contributed by atoms with E-state index in [1.807, 2.05) is 12.1 Å². The predicted molar refractivity (Wildman–Crippen MR) is 101 cm³/mol. The summed E-state index contributed by atoms with van der Waals surface area (Å²) >= 11 is 0. The predicted octanol–water partition coefficient (Wildman–Crippen LogP) is 2.08. The van der Waals surface area contributed by atoms with E-state index in [0.29, 0.717) is 23.4 Å². The van der Waals surface area contributed by atoms with Gasteiger partial charge in [-0.15, -0.1) is 0 Å². The van der Waals surface area contributed by atoms with Gasteiger partial charge < -0.3 is 0 Å². The first-order chi connectivity index (χ1) is 13.0. The molecule has 142 valence electrons. The summed E-state index contributed by atoms with van der Waals surface area (Å²) in [6, 6.07) is 10.3. The number of hydrogen-bond donors (Lipinski definition) is 2. The highest BCUT2D eigenvalue weighted by Gasteiger charge is 2.36. The Hall–Kier alpha value is -2.61. The number of amides is 2. The third-order valence-corrected chi connectivity index (χ3v) is 7.06. The average molecular weight is 387 g/mol. The molecule has 2 aromatic carbocycles. The van der Waals surface area contributed by atoms with Crippen LogP contribution in [0, 0.1) is 5.92 Å². The van der Waals surface area contributed by atoms with Crippen LogP contribution in [-0.2, 0) is 19.6 Å². The van der Waals surface area contributed by atoms with Gasteiger partial charge in [-0.1, -0.05) is 37.1 Å². The van der Waals surface area contributed by atoms with Crippen LogP contribution in [0.2, 0.25) is 0 Å². The second kappa shape index (κ2) is 6.84. The van der Waals surface area contributed by atoms with Gasteiger partial charge in [0.05, 0.1) is 10.6 Å². The molecule has 7 nitrogen and oxygen atoms in total. The van der Waals surface area contributed by atoms with Gasteiger partial charge in [0, 0.05) is 11.8 Å². The zero-order valence-corrected chi connectivity index (χ0v) is 15.6.